The lowest BCUT2D eigenvalue weighted by Gasteiger charge is -2.19. The van der Waals surface area contributed by atoms with E-state index in [1.807, 2.05) is 60.9 Å². The molecule has 1 aliphatic rings. The van der Waals surface area contributed by atoms with Crippen LogP contribution in [-0.4, -0.2) is 24.9 Å². The molecule has 0 N–H and O–H groups in total. The van der Waals surface area contributed by atoms with Crippen molar-refractivity contribution in [2.24, 2.45) is 0 Å². The average molecular weight is 618 g/mol. The fourth-order valence-corrected chi connectivity index (χ4v) is 6.12. The number of hydrogen-bond donors (Lipinski definition) is 0. The molecule has 0 saturated carbocycles. The molecule has 48 heavy (non-hydrogen) atoms. The first-order valence-corrected chi connectivity index (χ1v) is 16.1. The molecule has 0 bridgehead atoms. The van der Waals surface area contributed by atoms with Gasteiger partial charge in [0.1, 0.15) is 5.82 Å². The highest BCUT2D eigenvalue weighted by Gasteiger charge is 2.22. The lowest BCUT2D eigenvalue weighted by Crippen LogP contribution is -2.10. The summed E-state index contributed by atoms with van der Waals surface area (Å²) in [4.78, 5) is 24.7. The number of aromatic nitrogens is 5. The topological polar surface area (TPSA) is 64.5 Å². The van der Waals surface area contributed by atoms with E-state index in [0.29, 0.717) is 11.6 Å². The maximum Gasteiger partial charge on any atom is 0.163 e. The smallest absolute Gasteiger partial charge is 0.163 e. The van der Waals surface area contributed by atoms with Crippen LogP contribution in [0.2, 0.25) is 0 Å². The van der Waals surface area contributed by atoms with Crippen LogP contribution in [0.3, 0.4) is 0 Å². The molecular weight excluding hydrogens is 587 g/mol. The summed E-state index contributed by atoms with van der Waals surface area (Å²) in [7, 11) is 0. The van der Waals surface area contributed by atoms with Crippen molar-refractivity contribution in [2.45, 2.75) is 12.3 Å². The highest BCUT2D eigenvalue weighted by molar-refractivity contribution is 5.80. The molecular formula is C43H31N5. The fourth-order valence-electron chi connectivity index (χ4n) is 6.12. The summed E-state index contributed by atoms with van der Waals surface area (Å²) in [6.07, 6.45) is 10.8. The summed E-state index contributed by atoms with van der Waals surface area (Å²) in [6.45, 7) is 0. The molecule has 1 unspecified atom stereocenters. The first kappa shape index (κ1) is 29.1. The number of rotatable bonds is 7. The highest BCUT2D eigenvalue weighted by atomic mass is 15.0. The van der Waals surface area contributed by atoms with Crippen LogP contribution in [0, 0.1) is 0 Å². The van der Waals surface area contributed by atoms with Gasteiger partial charge in [-0.1, -0.05) is 109 Å². The molecule has 8 rings (SSSR count). The van der Waals surface area contributed by atoms with Crippen LogP contribution in [0.15, 0.2) is 170 Å². The maximum absolute atomic E-state index is 5.20. The zero-order valence-corrected chi connectivity index (χ0v) is 26.2. The number of nitrogens with zero attached hydrogens (tertiary/aromatic N) is 5. The number of benzene rings is 4. The molecule has 5 nitrogen and oxygen atoms in total. The Morgan fingerprint density at radius 2 is 0.979 bits per heavy atom. The molecule has 0 amide bonds. The third-order valence-corrected chi connectivity index (χ3v) is 8.55. The Labute approximate surface area is 280 Å². The Bertz CT molecular complexity index is 2190. The first-order valence-electron chi connectivity index (χ1n) is 16.1. The molecule has 3 heterocycles. The van der Waals surface area contributed by atoms with E-state index in [2.05, 4.69) is 119 Å². The summed E-state index contributed by atoms with van der Waals surface area (Å²) in [5.41, 5.74) is 10.3. The molecule has 5 heteroatoms. The van der Waals surface area contributed by atoms with Gasteiger partial charge in [0.15, 0.2) is 11.6 Å². The lowest BCUT2D eigenvalue weighted by molar-refractivity contribution is 0.771. The monoisotopic (exact) mass is 617 g/mol. The molecule has 228 valence electrons. The molecule has 1 aliphatic carbocycles. The molecule has 1 atom stereocenters. The van der Waals surface area contributed by atoms with Crippen LogP contribution in [0.4, 0.5) is 0 Å². The number of pyridine rings is 2. The quantitative estimate of drug-likeness (QED) is 0.178. The van der Waals surface area contributed by atoms with Crippen LogP contribution in [0.5, 0.6) is 0 Å². The number of allylic oxidation sites excluding steroid dienone is 4. The van der Waals surface area contributed by atoms with Crippen molar-refractivity contribution < 1.29 is 0 Å². The lowest BCUT2D eigenvalue weighted by atomic mass is 9.91. The van der Waals surface area contributed by atoms with Gasteiger partial charge in [0.2, 0.25) is 0 Å². The van der Waals surface area contributed by atoms with Crippen molar-refractivity contribution in [2.75, 3.05) is 0 Å². The van der Waals surface area contributed by atoms with Gasteiger partial charge in [0.25, 0.3) is 0 Å². The Hall–Kier alpha value is -6.33. The SMILES string of the molecule is C1=CC(c2nc(-c3cc(-c4ccccc4)cc(-c4ccccc4)c3)nc(-c3cccc(-c4ccccn4)c3)n2)CC(c2ccccn2)=C1. The van der Waals surface area contributed by atoms with Crippen molar-refractivity contribution in [3.63, 3.8) is 0 Å². The van der Waals surface area contributed by atoms with Crippen LogP contribution in [-0.2, 0) is 0 Å². The highest BCUT2D eigenvalue weighted by Crippen LogP contribution is 2.36. The summed E-state index contributed by atoms with van der Waals surface area (Å²) >= 11 is 0. The molecule has 7 aromatic rings. The van der Waals surface area contributed by atoms with Gasteiger partial charge in [-0.15, -0.1) is 0 Å². The van der Waals surface area contributed by atoms with Gasteiger partial charge in [0.05, 0.1) is 11.4 Å². The molecule has 0 saturated heterocycles. The fraction of sp³-hybridized carbons (Fsp3) is 0.0465. The predicted octanol–water partition coefficient (Wildman–Crippen LogP) is 10.1. The van der Waals surface area contributed by atoms with Gasteiger partial charge < -0.3 is 0 Å². The second-order valence-electron chi connectivity index (χ2n) is 11.8. The molecule has 0 fully saturated rings. The van der Waals surface area contributed by atoms with E-state index in [4.69, 9.17) is 15.0 Å². The third-order valence-electron chi connectivity index (χ3n) is 8.55. The average Bonchev–Trinajstić information content (AvgIpc) is 3.19. The van der Waals surface area contributed by atoms with E-state index in [0.717, 1.165) is 68.2 Å². The molecule has 4 aromatic carbocycles. The summed E-state index contributed by atoms with van der Waals surface area (Å²) < 4.78 is 0. The Kier molecular flexibility index (Phi) is 7.99. The number of hydrogen-bond acceptors (Lipinski definition) is 5. The van der Waals surface area contributed by atoms with E-state index in [1.54, 1.807) is 0 Å². The Balaban J connectivity index is 1.29. The van der Waals surface area contributed by atoms with Crippen LogP contribution < -0.4 is 0 Å². The van der Waals surface area contributed by atoms with Gasteiger partial charge >= 0.3 is 0 Å². The minimum atomic E-state index is -0.0441. The van der Waals surface area contributed by atoms with Gasteiger partial charge in [-0.2, -0.15) is 0 Å². The van der Waals surface area contributed by atoms with Crippen molar-refractivity contribution in [1.29, 1.82) is 0 Å². The van der Waals surface area contributed by atoms with E-state index in [9.17, 15) is 0 Å². The van der Waals surface area contributed by atoms with E-state index >= 15 is 0 Å². The van der Waals surface area contributed by atoms with Gasteiger partial charge in [-0.05, 0) is 82.8 Å². The third kappa shape index (κ3) is 6.22. The first-order chi connectivity index (χ1) is 23.8. The normalized spacial score (nSPS) is 14.0. The second-order valence-corrected chi connectivity index (χ2v) is 11.8. The summed E-state index contributed by atoms with van der Waals surface area (Å²) in [5, 5.41) is 0. The van der Waals surface area contributed by atoms with Crippen molar-refractivity contribution in [1.82, 2.24) is 24.9 Å². The zero-order valence-electron chi connectivity index (χ0n) is 26.2. The van der Waals surface area contributed by atoms with Crippen molar-refractivity contribution in [3.8, 4) is 56.3 Å². The molecule has 0 aliphatic heterocycles. The predicted molar refractivity (Wildman–Crippen MR) is 194 cm³/mol. The van der Waals surface area contributed by atoms with Gasteiger partial charge in [0, 0.05) is 35.0 Å². The summed E-state index contributed by atoms with van der Waals surface area (Å²) in [5.74, 6) is 1.94. The zero-order chi connectivity index (χ0) is 32.1. The summed E-state index contributed by atoms with van der Waals surface area (Å²) in [6, 6.07) is 47.8. The van der Waals surface area contributed by atoms with E-state index in [-0.39, 0.29) is 5.92 Å². The van der Waals surface area contributed by atoms with Crippen molar-refractivity contribution >= 4 is 5.57 Å². The van der Waals surface area contributed by atoms with Crippen LogP contribution >= 0.6 is 0 Å². The maximum atomic E-state index is 5.20. The van der Waals surface area contributed by atoms with Gasteiger partial charge in [-0.25, -0.2) is 15.0 Å². The van der Waals surface area contributed by atoms with Crippen LogP contribution in [0.25, 0.3) is 61.9 Å². The van der Waals surface area contributed by atoms with Crippen molar-refractivity contribution in [3.05, 3.63) is 182 Å². The molecule has 0 spiro atoms. The van der Waals surface area contributed by atoms with E-state index < -0.39 is 0 Å². The van der Waals surface area contributed by atoms with Gasteiger partial charge in [-0.3, -0.25) is 9.97 Å². The second kappa shape index (κ2) is 13.2. The molecule has 3 aromatic heterocycles. The largest absolute Gasteiger partial charge is 0.257 e. The Morgan fingerprint density at radius 3 is 1.62 bits per heavy atom. The minimum Gasteiger partial charge on any atom is -0.257 e. The minimum absolute atomic E-state index is 0.0441. The molecule has 0 radical (unpaired) electrons. The Morgan fingerprint density at radius 1 is 0.438 bits per heavy atom. The van der Waals surface area contributed by atoms with E-state index in [1.165, 1.54) is 0 Å². The van der Waals surface area contributed by atoms with Crippen LogP contribution in [0.1, 0.15) is 23.9 Å². The standard InChI is InChI=1S/C43H31N5/c1-3-13-30(14-4-1)36-27-37(31-15-5-2-6-16-31)29-38(28-36)43-47-41(34-19-11-17-32(25-34)39-21-7-9-23-44-39)46-42(48-43)35-20-12-18-33(26-35)40-22-8-10-24-45-40/h1-25,27-29,35H,26H2.